The van der Waals surface area contributed by atoms with Crippen LogP contribution in [0, 0.1) is 0 Å². The number of hydrogen-bond donors (Lipinski definition) is 1. The van der Waals surface area contributed by atoms with E-state index < -0.39 is 11.8 Å². The lowest BCUT2D eigenvalue weighted by atomic mass is 10.0. The zero-order valence-electron chi connectivity index (χ0n) is 14.9. The summed E-state index contributed by atoms with van der Waals surface area (Å²) in [7, 11) is 0. The molecule has 0 unspecified atom stereocenters. The molecule has 1 aliphatic rings. The van der Waals surface area contributed by atoms with Gasteiger partial charge in [0.2, 0.25) is 5.91 Å². The van der Waals surface area contributed by atoms with Crippen LogP contribution >= 0.6 is 0 Å². The highest BCUT2D eigenvalue weighted by Crippen LogP contribution is 2.24. The second-order valence-electron chi connectivity index (χ2n) is 6.12. The van der Waals surface area contributed by atoms with E-state index in [0.29, 0.717) is 5.56 Å². The first-order valence-corrected chi connectivity index (χ1v) is 8.78. The highest BCUT2D eigenvalue weighted by molar-refractivity contribution is 6.20. The lowest BCUT2D eigenvalue weighted by Crippen LogP contribution is -2.33. The van der Waals surface area contributed by atoms with Crippen molar-refractivity contribution in [3.8, 4) is 0 Å². The molecule has 0 radical (unpaired) electrons. The van der Waals surface area contributed by atoms with Gasteiger partial charge in [-0.25, -0.2) is 0 Å². The maximum Gasteiger partial charge on any atom is 0.280 e. The van der Waals surface area contributed by atoms with Crippen LogP contribution in [0.25, 0.3) is 0 Å². The van der Waals surface area contributed by atoms with Gasteiger partial charge < -0.3 is 5.32 Å². The molecule has 2 heterocycles. The van der Waals surface area contributed by atoms with Gasteiger partial charge in [0.25, 0.3) is 11.8 Å². The largest absolute Gasteiger partial charge is 0.326 e. The molecule has 0 spiro atoms. The van der Waals surface area contributed by atoms with Gasteiger partial charge in [-0.05, 0) is 36.1 Å². The molecule has 0 atom stereocenters. The van der Waals surface area contributed by atoms with E-state index in [0.717, 1.165) is 34.6 Å². The maximum atomic E-state index is 12.4. The van der Waals surface area contributed by atoms with E-state index in [1.165, 1.54) is 6.20 Å². The summed E-state index contributed by atoms with van der Waals surface area (Å²) >= 11 is 0. The summed E-state index contributed by atoms with van der Waals surface area (Å²) in [5.74, 6) is -1.05. The Bertz CT molecular complexity index is 819. The number of anilines is 1. The molecule has 0 bridgehead atoms. The van der Waals surface area contributed by atoms with E-state index in [4.69, 9.17) is 0 Å². The van der Waals surface area contributed by atoms with Crippen molar-refractivity contribution >= 4 is 23.4 Å². The number of nitrogens with zero attached hydrogens (tertiary/aromatic N) is 2. The van der Waals surface area contributed by atoms with Crippen LogP contribution in [0.2, 0.25) is 0 Å². The van der Waals surface area contributed by atoms with Crippen molar-refractivity contribution in [1.29, 1.82) is 0 Å². The number of hydrogen-bond acceptors (Lipinski definition) is 4. The van der Waals surface area contributed by atoms with E-state index in [1.807, 2.05) is 32.0 Å². The molecule has 1 N–H and O–H groups in total. The first kappa shape index (κ1) is 17.8. The molecule has 6 heteroatoms. The number of aryl methyl sites for hydroxylation is 2. The minimum atomic E-state index is -0.443. The maximum absolute atomic E-state index is 12.4. The minimum absolute atomic E-state index is 0.0373. The Balaban J connectivity index is 1.68. The van der Waals surface area contributed by atoms with E-state index in [9.17, 15) is 14.4 Å². The van der Waals surface area contributed by atoms with Crippen LogP contribution in [0.1, 0.15) is 52.2 Å². The third-order valence-corrected chi connectivity index (χ3v) is 4.56. The molecular formula is C20H21N3O3. The lowest BCUT2D eigenvalue weighted by molar-refractivity contribution is -0.116. The van der Waals surface area contributed by atoms with Crippen molar-refractivity contribution in [3.63, 3.8) is 0 Å². The SMILES string of the molecule is CCc1cccc(CC)c1NC(=O)CCN1C(=O)c2cccnc2C1=O. The molecule has 0 fully saturated rings. The number of rotatable bonds is 6. The number of benzene rings is 1. The van der Waals surface area contributed by atoms with Crippen LogP contribution in [0.3, 0.4) is 0 Å². The van der Waals surface area contributed by atoms with Crippen molar-refractivity contribution in [3.05, 3.63) is 58.9 Å². The van der Waals surface area contributed by atoms with Gasteiger partial charge in [-0.3, -0.25) is 24.3 Å². The first-order valence-electron chi connectivity index (χ1n) is 8.78. The van der Waals surface area contributed by atoms with Gasteiger partial charge in [-0.15, -0.1) is 0 Å². The number of fused-ring (bicyclic) bond motifs is 1. The molecule has 0 saturated carbocycles. The van der Waals surface area contributed by atoms with E-state index >= 15 is 0 Å². The molecular weight excluding hydrogens is 330 g/mol. The predicted octanol–water partition coefficient (Wildman–Crippen LogP) is 2.83. The van der Waals surface area contributed by atoms with Gasteiger partial charge >= 0.3 is 0 Å². The number of pyridine rings is 1. The summed E-state index contributed by atoms with van der Waals surface area (Å²) in [4.78, 5) is 42.1. The molecule has 3 rings (SSSR count). The van der Waals surface area contributed by atoms with E-state index in [1.54, 1.807) is 12.1 Å². The summed E-state index contributed by atoms with van der Waals surface area (Å²) in [5, 5.41) is 2.95. The third-order valence-electron chi connectivity index (χ3n) is 4.56. The average molecular weight is 351 g/mol. The Kier molecular flexibility index (Phi) is 5.11. The summed E-state index contributed by atoms with van der Waals surface area (Å²) in [6.07, 6.45) is 3.15. The molecule has 6 nitrogen and oxygen atoms in total. The molecule has 134 valence electrons. The van der Waals surface area contributed by atoms with Gasteiger partial charge in [0.05, 0.1) is 5.56 Å². The number of carbonyl (C=O) groups excluding carboxylic acids is 3. The van der Waals surface area contributed by atoms with Crippen molar-refractivity contribution in [1.82, 2.24) is 9.88 Å². The predicted molar refractivity (Wildman–Crippen MR) is 98.0 cm³/mol. The summed E-state index contributed by atoms with van der Waals surface area (Å²) in [6.45, 7) is 4.11. The number of amides is 3. The van der Waals surface area contributed by atoms with Crippen LogP contribution in [0.5, 0.6) is 0 Å². The van der Waals surface area contributed by atoms with Crippen molar-refractivity contribution in [2.24, 2.45) is 0 Å². The van der Waals surface area contributed by atoms with E-state index in [-0.39, 0.29) is 24.6 Å². The normalized spacial score (nSPS) is 13.1. The Hall–Kier alpha value is -3.02. The molecule has 0 saturated heterocycles. The number of carbonyl (C=O) groups is 3. The van der Waals surface area contributed by atoms with Crippen LogP contribution < -0.4 is 5.32 Å². The third kappa shape index (κ3) is 3.22. The molecule has 26 heavy (non-hydrogen) atoms. The number of nitrogens with one attached hydrogen (secondary N) is 1. The van der Waals surface area contributed by atoms with Crippen molar-refractivity contribution < 1.29 is 14.4 Å². The smallest absolute Gasteiger partial charge is 0.280 e. The lowest BCUT2D eigenvalue weighted by Gasteiger charge is -2.16. The zero-order valence-corrected chi connectivity index (χ0v) is 14.9. The summed E-state index contributed by atoms with van der Waals surface area (Å²) < 4.78 is 0. The quantitative estimate of drug-likeness (QED) is 0.812. The topological polar surface area (TPSA) is 79.4 Å². The van der Waals surface area contributed by atoms with Gasteiger partial charge in [-0.1, -0.05) is 32.0 Å². The standard InChI is InChI=1S/C20H21N3O3/c1-3-13-7-5-8-14(4-2)17(13)22-16(24)10-12-23-19(25)15-9-6-11-21-18(15)20(23)26/h5-9,11H,3-4,10,12H2,1-2H3,(H,22,24). The van der Waals surface area contributed by atoms with E-state index in [2.05, 4.69) is 10.3 Å². The number of aromatic nitrogens is 1. The average Bonchev–Trinajstić information content (AvgIpc) is 2.91. The van der Waals surface area contributed by atoms with Gasteiger partial charge in [-0.2, -0.15) is 0 Å². The second-order valence-corrected chi connectivity index (χ2v) is 6.12. The highest BCUT2D eigenvalue weighted by atomic mass is 16.2. The van der Waals surface area contributed by atoms with Crippen LogP contribution in [0.4, 0.5) is 5.69 Å². The second kappa shape index (κ2) is 7.47. The van der Waals surface area contributed by atoms with Crippen LogP contribution in [0.15, 0.2) is 36.5 Å². The molecule has 1 aromatic heterocycles. The number of para-hydroxylation sites is 1. The van der Waals surface area contributed by atoms with Crippen LogP contribution in [-0.4, -0.2) is 34.2 Å². The minimum Gasteiger partial charge on any atom is -0.326 e. The molecule has 1 aromatic carbocycles. The fourth-order valence-electron chi connectivity index (χ4n) is 3.14. The Morgan fingerprint density at radius 3 is 2.35 bits per heavy atom. The van der Waals surface area contributed by atoms with Crippen molar-refractivity contribution in [2.45, 2.75) is 33.1 Å². The molecule has 0 aliphatic carbocycles. The fraction of sp³-hybridized carbons (Fsp3) is 0.300. The van der Waals surface area contributed by atoms with Crippen molar-refractivity contribution in [2.75, 3.05) is 11.9 Å². The zero-order chi connectivity index (χ0) is 18.7. The molecule has 1 aliphatic heterocycles. The Morgan fingerprint density at radius 1 is 1.04 bits per heavy atom. The first-order chi connectivity index (χ1) is 12.6. The number of imide groups is 1. The summed E-state index contributed by atoms with van der Waals surface area (Å²) in [6, 6.07) is 9.16. The molecule has 2 aromatic rings. The van der Waals surface area contributed by atoms with Gasteiger partial charge in [0.15, 0.2) is 0 Å². The van der Waals surface area contributed by atoms with Crippen LogP contribution in [-0.2, 0) is 17.6 Å². The van der Waals surface area contributed by atoms with Gasteiger partial charge in [0, 0.05) is 24.8 Å². The Morgan fingerprint density at radius 2 is 1.73 bits per heavy atom. The Labute approximate surface area is 152 Å². The fourth-order valence-corrected chi connectivity index (χ4v) is 3.14. The highest BCUT2D eigenvalue weighted by Gasteiger charge is 2.36. The molecule has 3 amide bonds. The van der Waals surface area contributed by atoms with Gasteiger partial charge in [0.1, 0.15) is 5.69 Å². The monoisotopic (exact) mass is 351 g/mol. The summed E-state index contributed by atoms with van der Waals surface area (Å²) in [5.41, 5.74) is 3.43.